The van der Waals surface area contributed by atoms with Crippen molar-refractivity contribution in [2.24, 2.45) is 5.11 Å². The maximum atomic E-state index is 12.3. The van der Waals surface area contributed by atoms with E-state index in [0.29, 0.717) is 5.56 Å². The molecule has 7 heteroatoms. The summed E-state index contributed by atoms with van der Waals surface area (Å²) in [5.74, 6) is -1.47. The highest BCUT2D eigenvalue weighted by atomic mass is 16.6. The van der Waals surface area contributed by atoms with Crippen molar-refractivity contribution < 1.29 is 19.1 Å². The Balaban J connectivity index is 2.35. The van der Waals surface area contributed by atoms with E-state index in [2.05, 4.69) is 10.0 Å². The maximum Gasteiger partial charge on any atom is 0.348 e. The second kappa shape index (κ2) is 9.10. The summed E-state index contributed by atoms with van der Waals surface area (Å²) in [7, 11) is 0. The van der Waals surface area contributed by atoms with Gasteiger partial charge in [-0.15, -0.1) is 0 Å². The van der Waals surface area contributed by atoms with Crippen LogP contribution in [0.1, 0.15) is 28.9 Å². The molecule has 0 spiro atoms. The van der Waals surface area contributed by atoms with Gasteiger partial charge in [-0.2, -0.15) is 0 Å². The molecule has 0 saturated carbocycles. The first-order valence-corrected chi connectivity index (χ1v) is 7.69. The molecule has 0 aliphatic carbocycles. The molecule has 2 aromatic carbocycles. The molecule has 0 aliphatic rings. The lowest BCUT2D eigenvalue weighted by molar-refractivity contribution is -0.154. The molecule has 7 nitrogen and oxygen atoms in total. The van der Waals surface area contributed by atoms with Crippen LogP contribution in [0.3, 0.4) is 0 Å². The van der Waals surface area contributed by atoms with E-state index >= 15 is 0 Å². The largest absolute Gasteiger partial charge is 0.463 e. The molecular formula is C18H17N3O4. The van der Waals surface area contributed by atoms with Crippen LogP contribution in [0.4, 0.5) is 0 Å². The van der Waals surface area contributed by atoms with E-state index in [1.807, 2.05) is 0 Å². The number of hydrogen-bond donors (Lipinski definition) is 0. The number of ether oxygens (including phenoxy) is 2. The quantitative estimate of drug-likeness (QED) is 0.331. The number of azide groups is 1. The van der Waals surface area contributed by atoms with Gasteiger partial charge in [-0.1, -0.05) is 53.6 Å². The topological polar surface area (TPSA) is 101 Å². The first kappa shape index (κ1) is 18.0. The van der Waals surface area contributed by atoms with E-state index in [1.54, 1.807) is 67.6 Å². The summed E-state index contributed by atoms with van der Waals surface area (Å²) in [6, 6.07) is 15.8. The summed E-state index contributed by atoms with van der Waals surface area (Å²) in [5, 5.41) is 3.65. The zero-order valence-corrected chi connectivity index (χ0v) is 13.6. The molecule has 2 rings (SSSR count). The zero-order chi connectivity index (χ0) is 18.1. The van der Waals surface area contributed by atoms with Crippen LogP contribution >= 0.6 is 0 Å². The molecule has 0 radical (unpaired) electrons. The van der Waals surface area contributed by atoms with Gasteiger partial charge in [0, 0.05) is 4.91 Å². The highest BCUT2D eigenvalue weighted by molar-refractivity contribution is 5.91. The Morgan fingerprint density at radius 1 is 1.08 bits per heavy atom. The predicted octanol–water partition coefficient (Wildman–Crippen LogP) is 3.83. The van der Waals surface area contributed by atoms with Gasteiger partial charge in [0.05, 0.1) is 12.2 Å². The van der Waals surface area contributed by atoms with Gasteiger partial charge >= 0.3 is 11.9 Å². The van der Waals surface area contributed by atoms with Crippen LogP contribution in [0.5, 0.6) is 0 Å². The third kappa shape index (κ3) is 4.83. The van der Waals surface area contributed by atoms with Crippen LogP contribution in [0.25, 0.3) is 10.4 Å². The fourth-order valence-electron chi connectivity index (χ4n) is 2.23. The lowest BCUT2D eigenvalue weighted by atomic mass is 10.0. The summed E-state index contributed by atoms with van der Waals surface area (Å²) in [4.78, 5) is 27.4. The number of benzene rings is 2. The van der Waals surface area contributed by atoms with E-state index in [0.717, 1.165) is 0 Å². The summed E-state index contributed by atoms with van der Waals surface area (Å²) in [6.07, 6.45) is -1.38. The highest BCUT2D eigenvalue weighted by Crippen LogP contribution is 2.26. The van der Waals surface area contributed by atoms with Gasteiger partial charge < -0.3 is 9.47 Å². The van der Waals surface area contributed by atoms with Crippen molar-refractivity contribution >= 4 is 11.9 Å². The molecule has 2 aromatic rings. The normalized spacial score (nSPS) is 12.4. The SMILES string of the molecule is CCOC(=O)[C@@H](OC(=O)c1ccccc1)[C@@H](N=[N+]=[N-])c1ccccc1. The number of hydrogen-bond acceptors (Lipinski definition) is 5. The third-order valence-electron chi connectivity index (χ3n) is 3.37. The molecule has 0 bridgehead atoms. The average Bonchev–Trinajstić information content (AvgIpc) is 2.66. The molecule has 0 saturated heterocycles. The minimum absolute atomic E-state index is 0.107. The molecule has 0 aromatic heterocycles. The number of rotatable bonds is 7. The lowest BCUT2D eigenvalue weighted by Crippen LogP contribution is -2.34. The number of esters is 2. The van der Waals surface area contributed by atoms with Gasteiger partial charge in [-0.25, -0.2) is 9.59 Å². The van der Waals surface area contributed by atoms with Crippen molar-refractivity contribution in [3.05, 3.63) is 82.2 Å². The van der Waals surface area contributed by atoms with Gasteiger partial charge in [-0.3, -0.25) is 0 Å². The third-order valence-corrected chi connectivity index (χ3v) is 3.37. The van der Waals surface area contributed by atoms with E-state index in [1.165, 1.54) is 0 Å². The van der Waals surface area contributed by atoms with Gasteiger partial charge in [-0.05, 0) is 30.2 Å². The van der Waals surface area contributed by atoms with Gasteiger partial charge in [0.1, 0.15) is 6.04 Å². The Labute approximate surface area is 144 Å². The molecule has 0 amide bonds. The molecule has 0 heterocycles. The fourth-order valence-corrected chi connectivity index (χ4v) is 2.23. The Bertz CT molecular complexity index is 758. The Morgan fingerprint density at radius 3 is 2.24 bits per heavy atom. The van der Waals surface area contributed by atoms with Crippen molar-refractivity contribution in [2.75, 3.05) is 6.61 Å². The minimum atomic E-state index is -1.38. The Morgan fingerprint density at radius 2 is 1.68 bits per heavy atom. The van der Waals surface area contributed by atoms with Crippen molar-refractivity contribution in [3.8, 4) is 0 Å². The summed E-state index contributed by atoms with van der Waals surface area (Å²) in [6.45, 7) is 1.75. The Hall–Kier alpha value is -3.31. The van der Waals surface area contributed by atoms with Crippen molar-refractivity contribution in [3.63, 3.8) is 0 Å². The van der Waals surface area contributed by atoms with Crippen LogP contribution in [0.2, 0.25) is 0 Å². The second-order valence-corrected chi connectivity index (χ2v) is 5.00. The Kier molecular flexibility index (Phi) is 6.56. The molecule has 0 fully saturated rings. The molecule has 25 heavy (non-hydrogen) atoms. The van der Waals surface area contributed by atoms with Crippen molar-refractivity contribution in [2.45, 2.75) is 19.1 Å². The van der Waals surface area contributed by atoms with Crippen molar-refractivity contribution in [1.29, 1.82) is 0 Å². The predicted molar refractivity (Wildman–Crippen MR) is 90.6 cm³/mol. The maximum absolute atomic E-state index is 12.3. The number of carbonyl (C=O) groups is 2. The molecule has 0 aliphatic heterocycles. The minimum Gasteiger partial charge on any atom is -0.463 e. The van der Waals surface area contributed by atoms with Crippen molar-refractivity contribution in [1.82, 2.24) is 0 Å². The van der Waals surface area contributed by atoms with Crippen LogP contribution in [-0.2, 0) is 14.3 Å². The number of carbonyl (C=O) groups excluding carboxylic acids is 2. The van der Waals surface area contributed by atoms with Crippen LogP contribution in [0.15, 0.2) is 65.8 Å². The first-order valence-electron chi connectivity index (χ1n) is 7.69. The number of nitrogens with zero attached hydrogens (tertiary/aromatic N) is 3. The van der Waals surface area contributed by atoms with Gasteiger partial charge in [0.2, 0.25) is 6.10 Å². The van der Waals surface area contributed by atoms with E-state index in [4.69, 9.17) is 15.0 Å². The zero-order valence-electron chi connectivity index (χ0n) is 13.6. The van der Waals surface area contributed by atoms with E-state index < -0.39 is 24.1 Å². The van der Waals surface area contributed by atoms with Crippen LogP contribution < -0.4 is 0 Å². The lowest BCUT2D eigenvalue weighted by Gasteiger charge is -2.22. The van der Waals surface area contributed by atoms with Gasteiger partial charge in [0.15, 0.2) is 0 Å². The summed E-state index contributed by atoms with van der Waals surface area (Å²) in [5.41, 5.74) is 9.70. The van der Waals surface area contributed by atoms with Crippen LogP contribution in [-0.4, -0.2) is 24.6 Å². The average molecular weight is 339 g/mol. The standard InChI is InChI=1S/C18H17N3O4/c1-2-24-18(23)16(25-17(22)14-11-7-4-8-12-14)15(20-21-19)13-9-5-3-6-10-13/h3-12,15-16H,2H2,1H3/t15-,16-/m0/s1. The second-order valence-electron chi connectivity index (χ2n) is 5.00. The summed E-state index contributed by atoms with van der Waals surface area (Å²) >= 11 is 0. The van der Waals surface area contributed by atoms with Crippen LogP contribution in [0, 0.1) is 0 Å². The first-order chi connectivity index (χ1) is 12.2. The molecule has 2 atom stereocenters. The van der Waals surface area contributed by atoms with E-state index in [9.17, 15) is 9.59 Å². The summed E-state index contributed by atoms with van der Waals surface area (Å²) < 4.78 is 10.3. The highest BCUT2D eigenvalue weighted by Gasteiger charge is 2.34. The molecule has 0 N–H and O–H groups in total. The smallest absolute Gasteiger partial charge is 0.348 e. The fraction of sp³-hybridized carbons (Fsp3) is 0.222. The monoisotopic (exact) mass is 339 g/mol. The molecule has 0 unspecified atom stereocenters. The van der Waals surface area contributed by atoms with E-state index in [-0.39, 0.29) is 12.2 Å². The van der Waals surface area contributed by atoms with Gasteiger partial charge in [0.25, 0.3) is 0 Å². The molecular weight excluding hydrogens is 322 g/mol. The molecule has 128 valence electrons.